The summed E-state index contributed by atoms with van der Waals surface area (Å²) in [5.74, 6) is 0.336. The Morgan fingerprint density at radius 3 is 2.32 bits per heavy atom. The minimum atomic E-state index is -0.626. The number of halogens is 1. The topological polar surface area (TPSA) is 80.9 Å². The lowest BCUT2D eigenvalue weighted by molar-refractivity contribution is 0.0931. The van der Waals surface area contributed by atoms with Gasteiger partial charge in [0.2, 0.25) is 5.82 Å². The van der Waals surface area contributed by atoms with Crippen molar-refractivity contribution in [1.29, 1.82) is 0 Å². The zero-order chi connectivity index (χ0) is 19.3. The van der Waals surface area contributed by atoms with Crippen LogP contribution in [-0.2, 0) is 0 Å². The third-order valence-electron chi connectivity index (χ3n) is 4.08. The second kappa shape index (κ2) is 8.02. The van der Waals surface area contributed by atoms with Gasteiger partial charge >= 0.3 is 0 Å². The molecule has 1 atom stereocenters. The molecule has 6 nitrogen and oxygen atoms in total. The Labute approximate surface area is 166 Å². The molecule has 4 rings (SSSR count). The molecule has 2 aromatic heterocycles. The van der Waals surface area contributed by atoms with Crippen LogP contribution in [0.5, 0.6) is 0 Å². The Kier molecular flexibility index (Phi) is 5.12. The minimum absolute atomic E-state index is 0.205. The highest BCUT2D eigenvalue weighted by Gasteiger charge is 2.24. The van der Waals surface area contributed by atoms with Gasteiger partial charge in [0.15, 0.2) is 0 Å². The maximum atomic E-state index is 12.7. The highest BCUT2D eigenvalue weighted by atomic mass is 35.5. The highest BCUT2D eigenvalue weighted by molar-refractivity contribution is 6.29. The molecule has 0 radical (unpaired) electrons. The molecule has 0 bridgehead atoms. The van der Waals surface area contributed by atoms with Crippen molar-refractivity contribution < 1.29 is 9.32 Å². The summed E-state index contributed by atoms with van der Waals surface area (Å²) in [5, 5.41) is 7.20. The largest absolute Gasteiger partial charge is 0.336 e. The maximum absolute atomic E-state index is 12.7. The van der Waals surface area contributed by atoms with Gasteiger partial charge in [-0.15, -0.1) is 0 Å². The first kappa shape index (κ1) is 17.9. The van der Waals surface area contributed by atoms with Crippen LogP contribution < -0.4 is 5.32 Å². The molecular weight excluding hydrogens is 376 g/mol. The molecule has 1 amide bonds. The number of aromatic nitrogens is 3. The van der Waals surface area contributed by atoms with Crippen LogP contribution in [0, 0.1) is 0 Å². The van der Waals surface area contributed by atoms with Crippen molar-refractivity contribution in [2.75, 3.05) is 0 Å². The summed E-state index contributed by atoms with van der Waals surface area (Å²) < 4.78 is 5.47. The van der Waals surface area contributed by atoms with E-state index in [0.29, 0.717) is 5.82 Å². The molecule has 2 aromatic carbocycles. The van der Waals surface area contributed by atoms with Gasteiger partial charge in [-0.25, -0.2) is 4.98 Å². The fraction of sp³-hybridized carbons (Fsp3) is 0.0476. The lowest BCUT2D eigenvalue weighted by Crippen LogP contribution is -2.30. The highest BCUT2D eigenvalue weighted by Crippen LogP contribution is 2.24. The van der Waals surface area contributed by atoms with Crippen LogP contribution in [-0.4, -0.2) is 21.0 Å². The average molecular weight is 391 g/mol. The van der Waals surface area contributed by atoms with E-state index >= 15 is 0 Å². The predicted molar refractivity (Wildman–Crippen MR) is 105 cm³/mol. The second-order valence-electron chi connectivity index (χ2n) is 5.98. The molecule has 0 aliphatic heterocycles. The standard InChI is InChI=1S/C21H15ClN4O2/c22-17-13-7-12-16(23-17)20(27)24-18(14-8-3-1-4-9-14)21-25-19(26-28-21)15-10-5-2-6-11-15/h1-13,18H,(H,24,27). The van der Waals surface area contributed by atoms with Gasteiger partial charge in [-0.1, -0.05) is 83.5 Å². The van der Waals surface area contributed by atoms with E-state index < -0.39 is 11.9 Å². The quantitative estimate of drug-likeness (QED) is 0.514. The van der Waals surface area contributed by atoms with Gasteiger partial charge in [0.25, 0.3) is 11.8 Å². The first-order valence-corrected chi connectivity index (χ1v) is 8.96. The number of hydrogen-bond acceptors (Lipinski definition) is 5. The predicted octanol–water partition coefficient (Wildman–Crippen LogP) is 4.30. The summed E-state index contributed by atoms with van der Waals surface area (Å²) in [6.45, 7) is 0. The third-order valence-corrected chi connectivity index (χ3v) is 4.29. The number of hydrogen-bond donors (Lipinski definition) is 1. The van der Waals surface area contributed by atoms with Gasteiger partial charge in [0.1, 0.15) is 16.9 Å². The monoisotopic (exact) mass is 390 g/mol. The third kappa shape index (κ3) is 3.92. The lowest BCUT2D eigenvalue weighted by Gasteiger charge is -2.15. The van der Waals surface area contributed by atoms with Crippen molar-refractivity contribution in [3.05, 3.63) is 101 Å². The van der Waals surface area contributed by atoms with E-state index in [0.717, 1.165) is 11.1 Å². The fourth-order valence-corrected chi connectivity index (χ4v) is 2.89. The minimum Gasteiger partial charge on any atom is -0.336 e. The van der Waals surface area contributed by atoms with Gasteiger partial charge in [0.05, 0.1) is 0 Å². The summed E-state index contributed by atoms with van der Waals surface area (Å²) in [7, 11) is 0. The van der Waals surface area contributed by atoms with Gasteiger partial charge in [-0.05, 0) is 17.7 Å². The van der Waals surface area contributed by atoms with Crippen LogP contribution in [0.2, 0.25) is 5.15 Å². The zero-order valence-corrected chi connectivity index (χ0v) is 15.4. The smallest absolute Gasteiger partial charge is 0.270 e. The number of pyridine rings is 1. The molecule has 7 heteroatoms. The molecule has 1 unspecified atom stereocenters. The van der Waals surface area contributed by atoms with Crippen LogP contribution >= 0.6 is 11.6 Å². The molecule has 0 aliphatic carbocycles. The van der Waals surface area contributed by atoms with E-state index in [1.165, 1.54) is 0 Å². The van der Waals surface area contributed by atoms with Crippen molar-refractivity contribution in [1.82, 2.24) is 20.4 Å². The summed E-state index contributed by atoms with van der Waals surface area (Å²) >= 11 is 5.90. The first-order chi connectivity index (χ1) is 13.7. The average Bonchev–Trinajstić information content (AvgIpc) is 3.23. The maximum Gasteiger partial charge on any atom is 0.270 e. The Hall–Kier alpha value is -3.51. The number of carbonyl (C=O) groups is 1. The van der Waals surface area contributed by atoms with Crippen LogP contribution in [0.15, 0.2) is 83.4 Å². The van der Waals surface area contributed by atoms with Crippen molar-refractivity contribution >= 4 is 17.5 Å². The zero-order valence-electron chi connectivity index (χ0n) is 14.6. The molecule has 0 aliphatic rings. The summed E-state index contributed by atoms with van der Waals surface area (Å²) in [6.07, 6.45) is 0. The van der Waals surface area contributed by atoms with E-state index in [9.17, 15) is 4.79 Å². The number of nitrogens with zero attached hydrogens (tertiary/aromatic N) is 3. The summed E-state index contributed by atoms with van der Waals surface area (Å²) in [6, 6.07) is 23.1. The summed E-state index contributed by atoms with van der Waals surface area (Å²) in [4.78, 5) is 21.2. The molecule has 4 aromatic rings. The van der Waals surface area contributed by atoms with Crippen LogP contribution in [0.25, 0.3) is 11.4 Å². The number of nitrogens with one attached hydrogen (secondary N) is 1. The SMILES string of the molecule is O=C(NC(c1ccccc1)c1nc(-c2ccccc2)no1)c1cccc(Cl)n1. The van der Waals surface area contributed by atoms with Crippen molar-refractivity contribution in [3.8, 4) is 11.4 Å². The molecule has 0 fully saturated rings. The molecule has 28 heavy (non-hydrogen) atoms. The fourth-order valence-electron chi connectivity index (χ4n) is 2.73. The molecule has 138 valence electrons. The Morgan fingerprint density at radius 2 is 1.61 bits per heavy atom. The molecule has 0 saturated heterocycles. The number of rotatable bonds is 5. The molecule has 0 spiro atoms. The van der Waals surface area contributed by atoms with E-state index in [1.54, 1.807) is 18.2 Å². The number of carbonyl (C=O) groups excluding carboxylic acids is 1. The molecule has 2 heterocycles. The van der Waals surface area contributed by atoms with E-state index in [4.69, 9.17) is 16.1 Å². The van der Waals surface area contributed by atoms with Crippen LogP contribution in [0.4, 0.5) is 0 Å². The van der Waals surface area contributed by atoms with Crippen LogP contribution in [0.3, 0.4) is 0 Å². The van der Waals surface area contributed by atoms with Crippen molar-refractivity contribution in [3.63, 3.8) is 0 Å². The van der Waals surface area contributed by atoms with E-state index in [1.807, 2.05) is 60.7 Å². The van der Waals surface area contributed by atoms with Gasteiger partial charge in [-0.3, -0.25) is 4.79 Å². The normalized spacial score (nSPS) is 11.8. The Bertz CT molecular complexity index is 1080. The number of amides is 1. The second-order valence-corrected chi connectivity index (χ2v) is 6.37. The van der Waals surface area contributed by atoms with Crippen molar-refractivity contribution in [2.45, 2.75) is 6.04 Å². The van der Waals surface area contributed by atoms with Gasteiger partial charge in [-0.2, -0.15) is 4.98 Å². The van der Waals surface area contributed by atoms with Crippen molar-refractivity contribution in [2.24, 2.45) is 0 Å². The number of benzene rings is 2. The van der Waals surface area contributed by atoms with E-state index in [-0.39, 0.29) is 16.7 Å². The molecule has 0 saturated carbocycles. The Balaban J connectivity index is 1.67. The molecular formula is C21H15ClN4O2. The Morgan fingerprint density at radius 1 is 0.893 bits per heavy atom. The van der Waals surface area contributed by atoms with Gasteiger partial charge in [0, 0.05) is 5.56 Å². The van der Waals surface area contributed by atoms with Crippen LogP contribution in [0.1, 0.15) is 28.0 Å². The first-order valence-electron chi connectivity index (χ1n) is 8.58. The summed E-state index contributed by atoms with van der Waals surface area (Å²) in [5.41, 5.74) is 1.84. The van der Waals surface area contributed by atoms with E-state index in [2.05, 4.69) is 20.4 Å². The molecule has 1 N–H and O–H groups in total. The lowest BCUT2D eigenvalue weighted by atomic mass is 10.1. The van der Waals surface area contributed by atoms with Gasteiger partial charge < -0.3 is 9.84 Å².